The summed E-state index contributed by atoms with van der Waals surface area (Å²) in [6.07, 6.45) is 1.49. The number of nitrogens with two attached hydrogens (primary N) is 1. The number of rotatable bonds is 4. The number of benzene rings is 1. The van der Waals surface area contributed by atoms with Gasteiger partial charge in [0.15, 0.2) is 0 Å². The van der Waals surface area contributed by atoms with Gasteiger partial charge < -0.3 is 16.0 Å². The topological polar surface area (TPSA) is 75.4 Å². The van der Waals surface area contributed by atoms with Gasteiger partial charge in [0.25, 0.3) is 5.91 Å². The van der Waals surface area contributed by atoms with Gasteiger partial charge in [-0.1, -0.05) is 0 Å². The largest absolute Gasteiger partial charge is 0.355 e. The van der Waals surface area contributed by atoms with Crippen molar-refractivity contribution in [2.75, 3.05) is 26.2 Å². The molecule has 0 aliphatic carbocycles. The third kappa shape index (κ3) is 4.04. The average molecular weight is 372 g/mol. The molecular weight excluding hydrogens is 353 g/mol. The van der Waals surface area contributed by atoms with Crippen LogP contribution in [0.5, 0.6) is 0 Å². The molecule has 2 rings (SSSR count). The molecule has 1 heterocycles. The van der Waals surface area contributed by atoms with Crippen molar-refractivity contribution in [3.8, 4) is 0 Å². The Kier molecular flexibility index (Phi) is 5.90. The number of nitrogens with zero attached hydrogens (tertiary/aromatic N) is 1. The highest BCUT2D eigenvalue weighted by Crippen LogP contribution is 2.23. The second-order valence-corrected chi connectivity index (χ2v) is 6.15. The van der Waals surface area contributed by atoms with Crippen LogP contribution in [0.15, 0.2) is 22.7 Å². The molecule has 0 radical (unpaired) electrons. The molecule has 1 aromatic carbocycles. The van der Waals surface area contributed by atoms with Crippen LogP contribution in [-0.4, -0.2) is 42.9 Å². The molecule has 0 aromatic heterocycles. The maximum atomic E-state index is 13.4. The van der Waals surface area contributed by atoms with Crippen molar-refractivity contribution < 1.29 is 14.0 Å². The van der Waals surface area contributed by atoms with Gasteiger partial charge in [-0.05, 0) is 47.0 Å². The molecule has 0 bridgehead atoms. The first-order valence-electron chi connectivity index (χ1n) is 7.25. The number of carbonyl (C=O) groups is 2. The number of nitrogens with one attached hydrogen (secondary N) is 1. The normalized spacial score (nSPS) is 18.1. The number of piperidine rings is 1. The van der Waals surface area contributed by atoms with Crippen LogP contribution in [0.2, 0.25) is 0 Å². The van der Waals surface area contributed by atoms with Crippen molar-refractivity contribution in [1.29, 1.82) is 0 Å². The highest BCUT2D eigenvalue weighted by atomic mass is 79.9. The predicted octanol–water partition coefficient (Wildman–Crippen LogP) is 1.52. The quantitative estimate of drug-likeness (QED) is 0.842. The summed E-state index contributed by atoms with van der Waals surface area (Å²) in [7, 11) is 0. The lowest BCUT2D eigenvalue weighted by Gasteiger charge is -2.32. The van der Waals surface area contributed by atoms with E-state index in [1.807, 2.05) is 0 Å². The first kappa shape index (κ1) is 16.9. The lowest BCUT2D eigenvalue weighted by atomic mass is 9.96. The minimum Gasteiger partial charge on any atom is -0.355 e. The van der Waals surface area contributed by atoms with Gasteiger partial charge in [0, 0.05) is 30.7 Å². The Balaban J connectivity index is 2.07. The molecule has 3 N–H and O–H groups in total. The second-order valence-electron chi connectivity index (χ2n) is 5.29. The van der Waals surface area contributed by atoms with E-state index in [-0.39, 0.29) is 23.3 Å². The van der Waals surface area contributed by atoms with Gasteiger partial charge in [-0.2, -0.15) is 0 Å². The Bertz CT molecular complexity index is 568. The molecule has 5 nitrogen and oxygen atoms in total. The molecule has 1 aliphatic rings. The third-order valence-corrected chi connectivity index (χ3v) is 4.37. The molecule has 1 unspecified atom stereocenters. The SMILES string of the molecule is NCCNC(=O)C1CCCN(C(=O)c2cc(F)ccc2Br)C1. The first-order chi connectivity index (χ1) is 10.5. The van der Waals surface area contributed by atoms with Crippen LogP contribution in [0.4, 0.5) is 4.39 Å². The third-order valence-electron chi connectivity index (χ3n) is 3.68. The van der Waals surface area contributed by atoms with Crippen molar-refractivity contribution in [3.05, 3.63) is 34.1 Å². The molecule has 0 spiro atoms. The van der Waals surface area contributed by atoms with Crippen molar-refractivity contribution in [1.82, 2.24) is 10.2 Å². The van der Waals surface area contributed by atoms with E-state index in [1.165, 1.54) is 18.2 Å². The Morgan fingerprint density at radius 2 is 2.23 bits per heavy atom. The van der Waals surface area contributed by atoms with Crippen LogP contribution < -0.4 is 11.1 Å². The minimum absolute atomic E-state index is 0.0822. The summed E-state index contributed by atoms with van der Waals surface area (Å²) >= 11 is 3.27. The molecule has 1 aromatic rings. The molecule has 1 fully saturated rings. The van der Waals surface area contributed by atoms with Crippen molar-refractivity contribution >= 4 is 27.7 Å². The first-order valence-corrected chi connectivity index (χ1v) is 8.04. The summed E-state index contributed by atoms with van der Waals surface area (Å²) in [4.78, 5) is 26.1. The molecule has 1 saturated heterocycles. The van der Waals surface area contributed by atoms with Crippen LogP contribution in [0.25, 0.3) is 0 Å². The number of halogens is 2. The molecule has 120 valence electrons. The molecule has 0 saturated carbocycles. The van der Waals surface area contributed by atoms with Crippen molar-refractivity contribution in [2.24, 2.45) is 11.7 Å². The lowest BCUT2D eigenvalue weighted by molar-refractivity contribution is -0.126. The molecule has 7 heteroatoms. The number of hydrogen-bond acceptors (Lipinski definition) is 3. The van der Waals surface area contributed by atoms with E-state index in [0.29, 0.717) is 30.7 Å². The van der Waals surface area contributed by atoms with Crippen molar-refractivity contribution in [2.45, 2.75) is 12.8 Å². The van der Waals surface area contributed by atoms with E-state index < -0.39 is 5.82 Å². The maximum Gasteiger partial charge on any atom is 0.255 e. The van der Waals surface area contributed by atoms with Gasteiger partial charge in [-0.15, -0.1) is 0 Å². The second kappa shape index (κ2) is 7.69. The minimum atomic E-state index is -0.458. The van der Waals surface area contributed by atoms with Gasteiger partial charge >= 0.3 is 0 Å². The predicted molar refractivity (Wildman–Crippen MR) is 84.8 cm³/mol. The highest BCUT2D eigenvalue weighted by Gasteiger charge is 2.29. The average Bonchev–Trinajstić information content (AvgIpc) is 2.54. The summed E-state index contributed by atoms with van der Waals surface area (Å²) < 4.78 is 13.9. The van der Waals surface area contributed by atoms with Crippen LogP contribution in [0.3, 0.4) is 0 Å². The number of carbonyl (C=O) groups excluding carboxylic acids is 2. The summed E-state index contributed by atoms with van der Waals surface area (Å²) in [6, 6.07) is 4.02. The fourth-order valence-corrected chi connectivity index (χ4v) is 2.96. The smallest absolute Gasteiger partial charge is 0.255 e. The number of likely N-dealkylation sites (tertiary alicyclic amines) is 1. The van der Waals surface area contributed by atoms with Crippen molar-refractivity contribution in [3.63, 3.8) is 0 Å². The van der Waals surface area contributed by atoms with Gasteiger partial charge in [-0.3, -0.25) is 9.59 Å². The van der Waals surface area contributed by atoms with Crippen LogP contribution >= 0.6 is 15.9 Å². The maximum absolute atomic E-state index is 13.4. The zero-order chi connectivity index (χ0) is 16.1. The summed E-state index contributed by atoms with van der Waals surface area (Å²) in [5.41, 5.74) is 5.65. The zero-order valence-corrected chi connectivity index (χ0v) is 13.7. The highest BCUT2D eigenvalue weighted by molar-refractivity contribution is 9.10. The standard InChI is InChI=1S/C15H19BrFN3O2/c16-13-4-3-11(17)8-12(13)15(22)20-7-1-2-10(9-20)14(21)19-6-5-18/h3-4,8,10H,1-2,5-7,9,18H2,(H,19,21). The zero-order valence-electron chi connectivity index (χ0n) is 12.1. The van der Waals surface area contributed by atoms with E-state index in [4.69, 9.17) is 5.73 Å². The van der Waals surface area contributed by atoms with Gasteiger partial charge in [0.2, 0.25) is 5.91 Å². The Morgan fingerprint density at radius 1 is 1.45 bits per heavy atom. The van der Waals surface area contributed by atoms with Crippen LogP contribution in [-0.2, 0) is 4.79 Å². The Morgan fingerprint density at radius 3 is 2.95 bits per heavy atom. The lowest BCUT2D eigenvalue weighted by Crippen LogP contribution is -2.46. The van der Waals surface area contributed by atoms with Gasteiger partial charge in [-0.25, -0.2) is 4.39 Å². The molecule has 2 amide bonds. The van der Waals surface area contributed by atoms with Gasteiger partial charge in [0.05, 0.1) is 11.5 Å². The summed E-state index contributed by atoms with van der Waals surface area (Å²) in [6.45, 7) is 1.73. The fraction of sp³-hybridized carbons (Fsp3) is 0.467. The summed E-state index contributed by atoms with van der Waals surface area (Å²) in [5.74, 6) is -1.04. The molecule has 22 heavy (non-hydrogen) atoms. The van der Waals surface area contributed by atoms with E-state index in [9.17, 15) is 14.0 Å². The monoisotopic (exact) mass is 371 g/mol. The Labute approximate surface area is 137 Å². The van der Waals surface area contributed by atoms with E-state index >= 15 is 0 Å². The van der Waals surface area contributed by atoms with Crippen LogP contribution in [0, 0.1) is 11.7 Å². The van der Waals surface area contributed by atoms with Gasteiger partial charge in [0.1, 0.15) is 5.82 Å². The van der Waals surface area contributed by atoms with Crippen LogP contribution in [0.1, 0.15) is 23.2 Å². The molecular formula is C15H19BrFN3O2. The number of amides is 2. The molecule has 1 aliphatic heterocycles. The summed E-state index contributed by atoms with van der Waals surface area (Å²) in [5, 5.41) is 2.75. The molecule has 1 atom stereocenters. The van der Waals surface area contributed by atoms with E-state index in [2.05, 4.69) is 21.2 Å². The van der Waals surface area contributed by atoms with E-state index in [0.717, 1.165) is 12.8 Å². The fourth-order valence-electron chi connectivity index (χ4n) is 2.55. The van der Waals surface area contributed by atoms with E-state index in [1.54, 1.807) is 4.90 Å². The number of hydrogen-bond donors (Lipinski definition) is 2. The Hall–Kier alpha value is -1.47.